The van der Waals surface area contributed by atoms with Crippen molar-refractivity contribution >= 4 is 42.2 Å². The van der Waals surface area contributed by atoms with Crippen molar-refractivity contribution in [1.29, 1.82) is 0 Å². The fraction of sp³-hybridized carbons (Fsp3) is 0.158. The van der Waals surface area contributed by atoms with E-state index in [-0.39, 0.29) is 10.6 Å². The molecule has 6 nitrogen and oxygen atoms in total. The van der Waals surface area contributed by atoms with Crippen LogP contribution in [0.5, 0.6) is 0 Å². The molecule has 0 fully saturated rings. The predicted molar refractivity (Wildman–Crippen MR) is 108 cm³/mol. The van der Waals surface area contributed by atoms with Crippen LogP contribution in [-0.2, 0) is 10.0 Å². The molecule has 1 N–H and O–H groups in total. The molecule has 0 aliphatic carbocycles. The van der Waals surface area contributed by atoms with Crippen LogP contribution in [0.15, 0.2) is 52.2 Å². The molecule has 0 amide bonds. The van der Waals surface area contributed by atoms with Crippen molar-refractivity contribution in [2.45, 2.75) is 25.7 Å². The molecule has 0 aliphatic rings. The van der Waals surface area contributed by atoms with Gasteiger partial charge in [0.05, 0.1) is 15.9 Å². The summed E-state index contributed by atoms with van der Waals surface area (Å²) in [6, 6.07) is 12.7. The molecular formula is C19H17N3O3S2. The van der Waals surface area contributed by atoms with Gasteiger partial charge >= 0.3 is 0 Å². The molecule has 0 atom stereocenters. The molecule has 2 heterocycles. The van der Waals surface area contributed by atoms with Gasteiger partial charge in [-0.05, 0) is 56.2 Å². The number of sulfonamides is 1. The lowest BCUT2D eigenvalue weighted by Gasteiger charge is -2.11. The second kappa shape index (κ2) is 6.17. The fourth-order valence-electron chi connectivity index (χ4n) is 3.24. The van der Waals surface area contributed by atoms with Crippen LogP contribution in [0.3, 0.4) is 0 Å². The Labute approximate surface area is 160 Å². The third-order valence-corrected chi connectivity index (χ3v) is 6.76. The molecule has 2 aromatic heterocycles. The minimum Gasteiger partial charge on any atom is -0.279 e. The van der Waals surface area contributed by atoms with Gasteiger partial charge in [-0.15, -0.1) is 0 Å². The second-order valence-electron chi connectivity index (χ2n) is 6.50. The minimum atomic E-state index is -4.09. The number of thiazole rings is 1. The van der Waals surface area contributed by atoms with Crippen LogP contribution in [0.1, 0.15) is 16.8 Å². The van der Waals surface area contributed by atoms with Crippen molar-refractivity contribution in [3.05, 3.63) is 69.6 Å². The molecule has 2 aromatic carbocycles. The number of fused-ring (bicyclic) bond motifs is 3. The van der Waals surface area contributed by atoms with Crippen molar-refractivity contribution in [3.8, 4) is 0 Å². The van der Waals surface area contributed by atoms with Gasteiger partial charge in [-0.1, -0.05) is 29.5 Å². The number of para-hydroxylation sites is 1. The Balaban J connectivity index is 1.94. The average Bonchev–Trinajstić information content (AvgIpc) is 2.90. The first kappa shape index (κ1) is 17.7. The summed E-state index contributed by atoms with van der Waals surface area (Å²) in [6.07, 6.45) is 0. The normalized spacial score (nSPS) is 12.0. The standard InChI is InChI=1S/C19H17N3O3S2/c1-11-8-12(2)10-14(9-11)21-27(24,25)17-13(3)20-19-22(18(17)23)15-6-4-5-7-16(15)26-19/h4-10,21H,1-3H3. The zero-order chi connectivity index (χ0) is 19.3. The Kier molecular flexibility index (Phi) is 4.05. The van der Waals surface area contributed by atoms with E-state index in [1.165, 1.54) is 15.7 Å². The van der Waals surface area contributed by atoms with Gasteiger partial charge in [0.2, 0.25) is 0 Å². The van der Waals surface area contributed by atoms with Gasteiger partial charge in [-0.2, -0.15) is 0 Å². The van der Waals surface area contributed by atoms with Gasteiger partial charge in [-0.3, -0.25) is 9.52 Å². The summed E-state index contributed by atoms with van der Waals surface area (Å²) in [6.45, 7) is 5.31. The van der Waals surface area contributed by atoms with Gasteiger partial charge < -0.3 is 0 Å². The Morgan fingerprint density at radius 1 is 1.04 bits per heavy atom. The third-order valence-electron chi connectivity index (χ3n) is 4.23. The summed E-state index contributed by atoms with van der Waals surface area (Å²) in [5.41, 5.74) is 2.52. The quantitative estimate of drug-likeness (QED) is 0.570. The number of nitrogens with one attached hydrogen (secondary N) is 1. The van der Waals surface area contributed by atoms with Crippen LogP contribution >= 0.6 is 11.3 Å². The van der Waals surface area contributed by atoms with Crippen molar-refractivity contribution < 1.29 is 8.42 Å². The van der Waals surface area contributed by atoms with E-state index in [1.54, 1.807) is 25.1 Å². The number of nitrogens with zero attached hydrogens (tertiary/aromatic N) is 2. The maximum absolute atomic E-state index is 13.1. The smallest absolute Gasteiger partial charge is 0.279 e. The zero-order valence-electron chi connectivity index (χ0n) is 15.0. The maximum Gasteiger partial charge on any atom is 0.280 e. The monoisotopic (exact) mass is 399 g/mol. The fourth-order valence-corrected chi connectivity index (χ4v) is 5.59. The van der Waals surface area contributed by atoms with Crippen molar-refractivity contribution in [1.82, 2.24) is 9.38 Å². The van der Waals surface area contributed by atoms with Gasteiger partial charge in [-0.25, -0.2) is 17.8 Å². The Hall–Kier alpha value is -2.71. The molecule has 0 saturated heterocycles. The highest BCUT2D eigenvalue weighted by Crippen LogP contribution is 2.25. The lowest BCUT2D eigenvalue weighted by molar-refractivity contribution is 0.598. The van der Waals surface area contributed by atoms with Gasteiger partial charge in [0.25, 0.3) is 15.6 Å². The second-order valence-corrected chi connectivity index (χ2v) is 9.13. The Bertz CT molecular complexity index is 1350. The Morgan fingerprint density at radius 3 is 2.41 bits per heavy atom. The number of aromatic nitrogens is 2. The minimum absolute atomic E-state index is 0.184. The number of hydrogen-bond donors (Lipinski definition) is 1. The molecule has 0 unspecified atom stereocenters. The molecule has 4 rings (SSSR count). The highest BCUT2D eigenvalue weighted by atomic mass is 32.2. The molecule has 0 saturated carbocycles. The van der Waals surface area contributed by atoms with Crippen LogP contribution in [0.4, 0.5) is 5.69 Å². The first-order valence-electron chi connectivity index (χ1n) is 8.28. The van der Waals surface area contributed by atoms with E-state index < -0.39 is 15.6 Å². The van der Waals surface area contributed by atoms with Crippen LogP contribution in [0.25, 0.3) is 15.2 Å². The first-order valence-corrected chi connectivity index (χ1v) is 10.6. The predicted octanol–water partition coefficient (Wildman–Crippen LogP) is 3.64. The summed E-state index contributed by atoms with van der Waals surface area (Å²) in [4.78, 5) is 17.6. The SMILES string of the molecule is Cc1cc(C)cc(NS(=O)(=O)c2c(C)nc3sc4ccccc4n3c2=O)c1. The summed E-state index contributed by atoms with van der Waals surface area (Å²) in [7, 11) is -4.09. The molecule has 0 radical (unpaired) electrons. The molecule has 8 heteroatoms. The van der Waals surface area contributed by atoms with Gasteiger partial charge in [0.1, 0.15) is 0 Å². The molecule has 4 aromatic rings. The maximum atomic E-state index is 13.1. The summed E-state index contributed by atoms with van der Waals surface area (Å²) >= 11 is 1.35. The summed E-state index contributed by atoms with van der Waals surface area (Å²) in [5.74, 6) is 0. The molecule has 0 spiro atoms. The lowest BCUT2D eigenvalue weighted by Crippen LogP contribution is -2.27. The average molecular weight is 399 g/mol. The van der Waals surface area contributed by atoms with E-state index in [1.807, 2.05) is 38.1 Å². The van der Waals surface area contributed by atoms with Crippen LogP contribution < -0.4 is 10.3 Å². The van der Waals surface area contributed by atoms with E-state index in [4.69, 9.17) is 0 Å². The molecule has 0 aliphatic heterocycles. The molecule has 0 bridgehead atoms. The van der Waals surface area contributed by atoms with Crippen molar-refractivity contribution in [2.75, 3.05) is 4.72 Å². The largest absolute Gasteiger partial charge is 0.280 e. The number of hydrogen-bond acceptors (Lipinski definition) is 5. The van der Waals surface area contributed by atoms with E-state index in [9.17, 15) is 13.2 Å². The topological polar surface area (TPSA) is 80.5 Å². The van der Waals surface area contributed by atoms with Crippen LogP contribution in [0.2, 0.25) is 0 Å². The lowest BCUT2D eigenvalue weighted by atomic mass is 10.1. The van der Waals surface area contributed by atoms with Crippen LogP contribution in [0, 0.1) is 20.8 Å². The van der Waals surface area contributed by atoms with Gasteiger partial charge in [0, 0.05) is 5.69 Å². The van der Waals surface area contributed by atoms with E-state index in [0.29, 0.717) is 16.2 Å². The van der Waals surface area contributed by atoms with Crippen molar-refractivity contribution in [3.63, 3.8) is 0 Å². The number of aryl methyl sites for hydroxylation is 3. The first-order chi connectivity index (χ1) is 12.8. The molecule has 138 valence electrons. The summed E-state index contributed by atoms with van der Waals surface area (Å²) < 4.78 is 30.8. The number of anilines is 1. The third kappa shape index (κ3) is 3.00. The highest BCUT2D eigenvalue weighted by Gasteiger charge is 2.25. The van der Waals surface area contributed by atoms with Crippen molar-refractivity contribution in [2.24, 2.45) is 0 Å². The molecule has 27 heavy (non-hydrogen) atoms. The van der Waals surface area contributed by atoms with Crippen LogP contribution in [-0.4, -0.2) is 17.8 Å². The highest BCUT2D eigenvalue weighted by molar-refractivity contribution is 7.92. The Morgan fingerprint density at radius 2 is 1.70 bits per heavy atom. The zero-order valence-corrected chi connectivity index (χ0v) is 16.6. The summed E-state index contributed by atoms with van der Waals surface area (Å²) in [5, 5.41) is 0. The van der Waals surface area contributed by atoms with E-state index in [0.717, 1.165) is 15.8 Å². The number of rotatable bonds is 3. The molecular weight excluding hydrogens is 382 g/mol. The van der Waals surface area contributed by atoms with E-state index >= 15 is 0 Å². The van der Waals surface area contributed by atoms with E-state index in [2.05, 4.69) is 9.71 Å². The van der Waals surface area contributed by atoms with Gasteiger partial charge in [0.15, 0.2) is 9.86 Å². The number of benzene rings is 2.